The molecule has 0 aromatic heterocycles. The Morgan fingerprint density at radius 3 is 2.39 bits per heavy atom. The van der Waals surface area contributed by atoms with E-state index in [0.717, 1.165) is 22.6 Å². The van der Waals surface area contributed by atoms with E-state index in [1.165, 1.54) is 12.1 Å². The zero-order valence-electron chi connectivity index (χ0n) is 18.1. The highest BCUT2D eigenvalue weighted by atomic mass is 35.5. The predicted molar refractivity (Wildman–Crippen MR) is 126 cm³/mol. The molecule has 0 aliphatic carbocycles. The van der Waals surface area contributed by atoms with Gasteiger partial charge in [0.25, 0.3) is 0 Å². The SMILES string of the molecule is CCCNC(=O)[C@H](CC)N(Cc1ccc(F)cc1)C(=O)CCCSc1ccc(Cl)cc1. The lowest BCUT2D eigenvalue weighted by atomic mass is 10.1. The molecule has 4 nitrogen and oxygen atoms in total. The first kappa shape index (κ1) is 25.2. The fourth-order valence-corrected chi connectivity index (χ4v) is 4.14. The largest absolute Gasteiger partial charge is 0.354 e. The molecule has 0 heterocycles. The third-order valence-corrected chi connectivity index (χ3v) is 6.17. The molecule has 0 aliphatic heterocycles. The van der Waals surface area contributed by atoms with E-state index in [9.17, 15) is 14.0 Å². The van der Waals surface area contributed by atoms with Gasteiger partial charge in [0.1, 0.15) is 11.9 Å². The van der Waals surface area contributed by atoms with Gasteiger partial charge in [-0.3, -0.25) is 9.59 Å². The lowest BCUT2D eigenvalue weighted by Gasteiger charge is -2.30. The maximum Gasteiger partial charge on any atom is 0.242 e. The minimum absolute atomic E-state index is 0.0699. The van der Waals surface area contributed by atoms with E-state index in [4.69, 9.17) is 11.6 Å². The molecule has 0 radical (unpaired) electrons. The molecule has 2 amide bonds. The van der Waals surface area contributed by atoms with Gasteiger partial charge >= 0.3 is 0 Å². The molecule has 1 atom stereocenters. The summed E-state index contributed by atoms with van der Waals surface area (Å²) in [4.78, 5) is 28.5. The minimum atomic E-state index is -0.548. The van der Waals surface area contributed by atoms with E-state index in [0.29, 0.717) is 30.8 Å². The molecule has 7 heteroatoms. The number of benzene rings is 2. The number of thioether (sulfide) groups is 1. The van der Waals surface area contributed by atoms with Gasteiger partial charge in [-0.2, -0.15) is 0 Å². The summed E-state index contributed by atoms with van der Waals surface area (Å²) in [5, 5.41) is 3.60. The molecule has 2 aromatic carbocycles. The summed E-state index contributed by atoms with van der Waals surface area (Å²) in [5.74, 6) is 0.250. The first-order valence-electron chi connectivity index (χ1n) is 10.6. The van der Waals surface area contributed by atoms with E-state index in [2.05, 4.69) is 5.32 Å². The van der Waals surface area contributed by atoms with Crippen LogP contribution in [0.3, 0.4) is 0 Å². The third kappa shape index (κ3) is 8.54. The number of amides is 2. The van der Waals surface area contributed by atoms with Crippen molar-refractivity contribution in [1.82, 2.24) is 10.2 Å². The summed E-state index contributed by atoms with van der Waals surface area (Å²) in [6.07, 6.45) is 2.39. The highest BCUT2D eigenvalue weighted by Gasteiger charge is 2.28. The first-order valence-corrected chi connectivity index (χ1v) is 12.0. The van der Waals surface area contributed by atoms with Gasteiger partial charge in [-0.1, -0.05) is 37.6 Å². The van der Waals surface area contributed by atoms with Crippen molar-refractivity contribution in [3.05, 3.63) is 64.9 Å². The van der Waals surface area contributed by atoms with Gasteiger partial charge in [0.2, 0.25) is 11.8 Å². The van der Waals surface area contributed by atoms with E-state index < -0.39 is 6.04 Å². The zero-order valence-corrected chi connectivity index (χ0v) is 19.6. The molecule has 0 saturated heterocycles. The van der Waals surface area contributed by atoms with Crippen molar-refractivity contribution in [2.24, 2.45) is 0 Å². The second kappa shape index (κ2) is 13.4. The second-order valence-corrected chi connectivity index (χ2v) is 8.87. The van der Waals surface area contributed by atoms with Gasteiger partial charge in [0.05, 0.1) is 0 Å². The fraction of sp³-hybridized carbons (Fsp3) is 0.417. The summed E-state index contributed by atoms with van der Waals surface area (Å²) < 4.78 is 13.3. The highest BCUT2D eigenvalue weighted by Crippen LogP contribution is 2.22. The molecule has 0 aliphatic rings. The van der Waals surface area contributed by atoms with Crippen molar-refractivity contribution in [3.8, 4) is 0 Å². The molecular formula is C24H30ClFN2O2S. The van der Waals surface area contributed by atoms with Crippen molar-refractivity contribution in [3.63, 3.8) is 0 Å². The summed E-state index contributed by atoms with van der Waals surface area (Å²) in [7, 11) is 0. The smallest absolute Gasteiger partial charge is 0.242 e. The lowest BCUT2D eigenvalue weighted by molar-refractivity contribution is -0.141. The number of halogens is 2. The number of hydrogen-bond donors (Lipinski definition) is 1. The average molecular weight is 465 g/mol. The van der Waals surface area contributed by atoms with Crippen LogP contribution in [0.15, 0.2) is 53.4 Å². The molecule has 1 N–H and O–H groups in total. The van der Waals surface area contributed by atoms with Crippen LogP contribution < -0.4 is 5.32 Å². The number of nitrogens with one attached hydrogen (secondary N) is 1. The van der Waals surface area contributed by atoms with E-state index in [-0.39, 0.29) is 24.2 Å². The fourth-order valence-electron chi connectivity index (χ4n) is 3.16. The molecule has 0 spiro atoms. The van der Waals surface area contributed by atoms with Gasteiger partial charge in [-0.05, 0) is 67.0 Å². The second-order valence-electron chi connectivity index (χ2n) is 7.27. The van der Waals surface area contributed by atoms with Crippen molar-refractivity contribution in [2.75, 3.05) is 12.3 Å². The molecular weight excluding hydrogens is 435 g/mol. The molecule has 0 unspecified atom stereocenters. The monoisotopic (exact) mass is 464 g/mol. The van der Waals surface area contributed by atoms with Gasteiger partial charge in [0, 0.05) is 29.4 Å². The van der Waals surface area contributed by atoms with Crippen LogP contribution in [0.4, 0.5) is 4.39 Å². The van der Waals surface area contributed by atoms with E-state index in [1.54, 1.807) is 28.8 Å². The zero-order chi connectivity index (χ0) is 22.6. The molecule has 2 rings (SSSR count). The summed E-state index contributed by atoms with van der Waals surface area (Å²) in [5.41, 5.74) is 0.798. The Labute approximate surface area is 193 Å². The van der Waals surface area contributed by atoms with Gasteiger partial charge in [0.15, 0.2) is 0 Å². The number of carbonyl (C=O) groups is 2. The number of nitrogens with zero attached hydrogens (tertiary/aromatic N) is 1. The van der Waals surface area contributed by atoms with Crippen molar-refractivity contribution in [2.45, 2.75) is 57.0 Å². The standard InChI is InChI=1S/C24H30ClFN2O2S/c1-3-15-27-24(30)22(4-2)28(17-18-7-11-20(26)12-8-18)23(29)6-5-16-31-21-13-9-19(25)10-14-21/h7-14,22H,3-6,15-17H2,1-2H3,(H,27,30)/t22-/m0/s1. The van der Waals surface area contributed by atoms with Crippen LogP contribution >= 0.6 is 23.4 Å². The minimum Gasteiger partial charge on any atom is -0.354 e. The Morgan fingerprint density at radius 1 is 1.10 bits per heavy atom. The molecule has 0 bridgehead atoms. The predicted octanol–water partition coefficient (Wildman–Crippen LogP) is 5.69. The Kier molecular flexibility index (Phi) is 10.9. The lowest BCUT2D eigenvalue weighted by Crippen LogP contribution is -2.49. The van der Waals surface area contributed by atoms with Crippen LogP contribution in [-0.4, -0.2) is 35.1 Å². The van der Waals surface area contributed by atoms with Gasteiger partial charge in [-0.25, -0.2) is 4.39 Å². The Bertz CT molecular complexity index is 830. The maximum absolute atomic E-state index is 13.3. The van der Waals surface area contributed by atoms with Crippen LogP contribution in [-0.2, 0) is 16.1 Å². The summed E-state index contributed by atoms with van der Waals surface area (Å²) in [6, 6.07) is 13.1. The van der Waals surface area contributed by atoms with Gasteiger partial charge < -0.3 is 10.2 Å². The Balaban J connectivity index is 2.02. The van der Waals surface area contributed by atoms with Crippen LogP contribution in [0.25, 0.3) is 0 Å². The van der Waals surface area contributed by atoms with E-state index >= 15 is 0 Å². The topological polar surface area (TPSA) is 49.4 Å². The van der Waals surface area contributed by atoms with Crippen molar-refractivity contribution >= 4 is 35.2 Å². The van der Waals surface area contributed by atoms with E-state index in [1.807, 2.05) is 38.1 Å². The summed E-state index contributed by atoms with van der Waals surface area (Å²) >= 11 is 7.58. The molecule has 168 valence electrons. The third-order valence-electron chi connectivity index (χ3n) is 4.82. The van der Waals surface area contributed by atoms with Crippen LogP contribution in [0.5, 0.6) is 0 Å². The normalized spacial score (nSPS) is 11.7. The van der Waals surface area contributed by atoms with Crippen molar-refractivity contribution < 1.29 is 14.0 Å². The first-order chi connectivity index (χ1) is 14.9. The van der Waals surface area contributed by atoms with Crippen LogP contribution in [0.1, 0.15) is 45.1 Å². The quantitative estimate of drug-likeness (QED) is 0.324. The van der Waals surface area contributed by atoms with Crippen LogP contribution in [0, 0.1) is 5.82 Å². The molecule has 0 fully saturated rings. The number of rotatable bonds is 12. The Morgan fingerprint density at radius 2 is 1.77 bits per heavy atom. The maximum atomic E-state index is 13.3. The molecule has 31 heavy (non-hydrogen) atoms. The highest BCUT2D eigenvalue weighted by molar-refractivity contribution is 7.99. The average Bonchev–Trinajstić information content (AvgIpc) is 2.77. The van der Waals surface area contributed by atoms with Crippen LogP contribution in [0.2, 0.25) is 5.02 Å². The van der Waals surface area contributed by atoms with Gasteiger partial charge in [-0.15, -0.1) is 11.8 Å². The molecule has 2 aromatic rings. The summed E-state index contributed by atoms with van der Waals surface area (Å²) in [6.45, 7) is 4.74. The number of carbonyl (C=O) groups excluding carboxylic acids is 2. The molecule has 0 saturated carbocycles. The number of hydrogen-bond acceptors (Lipinski definition) is 3. The Hall–Kier alpha value is -2.05. The van der Waals surface area contributed by atoms with Crippen molar-refractivity contribution in [1.29, 1.82) is 0 Å².